The van der Waals surface area contributed by atoms with Gasteiger partial charge in [-0.15, -0.1) is 0 Å². The predicted octanol–water partition coefficient (Wildman–Crippen LogP) is 2.63. The van der Waals surface area contributed by atoms with Crippen LogP contribution in [0, 0.1) is 17.7 Å². The molecule has 0 aliphatic carbocycles. The van der Waals surface area contributed by atoms with Crippen LogP contribution in [0.5, 0.6) is 0 Å². The third-order valence-corrected chi connectivity index (χ3v) is 4.41. The van der Waals surface area contributed by atoms with E-state index >= 15 is 0 Å². The molecule has 1 fully saturated rings. The number of carbonyl (C=O) groups excluding carboxylic acids is 1. The van der Waals surface area contributed by atoms with Crippen molar-refractivity contribution in [1.82, 2.24) is 4.90 Å². The maximum Gasteiger partial charge on any atom is 0.225 e. The highest BCUT2D eigenvalue weighted by Gasteiger charge is 2.25. The Bertz CT molecular complexity index is 470. The molecule has 1 atom stereocenters. The number of rotatable bonds is 5. The summed E-state index contributed by atoms with van der Waals surface area (Å²) >= 11 is 0. The summed E-state index contributed by atoms with van der Waals surface area (Å²) in [5.41, 5.74) is 0.677. The molecule has 4 heteroatoms. The van der Waals surface area contributed by atoms with Crippen molar-refractivity contribution < 1.29 is 14.3 Å². The number of amides is 1. The van der Waals surface area contributed by atoms with Crippen molar-refractivity contribution in [2.45, 2.75) is 32.6 Å². The first-order valence-electron chi connectivity index (χ1n) is 7.75. The average molecular weight is 293 g/mol. The van der Waals surface area contributed by atoms with Crippen LogP contribution in [0.1, 0.15) is 31.7 Å². The molecule has 21 heavy (non-hydrogen) atoms. The molecule has 0 saturated carbocycles. The van der Waals surface area contributed by atoms with E-state index in [9.17, 15) is 9.18 Å². The molecule has 1 aliphatic rings. The van der Waals surface area contributed by atoms with Crippen LogP contribution in [0.3, 0.4) is 0 Å². The van der Waals surface area contributed by atoms with Gasteiger partial charge in [-0.05, 0) is 43.2 Å². The summed E-state index contributed by atoms with van der Waals surface area (Å²) in [6.07, 6.45) is 3.01. The molecule has 116 valence electrons. The van der Waals surface area contributed by atoms with E-state index in [1.807, 2.05) is 17.9 Å². The number of hydrogen-bond donors (Lipinski definition) is 1. The number of likely N-dealkylation sites (tertiary alicyclic amines) is 1. The van der Waals surface area contributed by atoms with Gasteiger partial charge in [0.25, 0.3) is 0 Å². The van der Waals surface area contributed by atoms with Crippen LogP contribution in [0.2, 0.25) is 0 Å². The lowest BCUT2D eigenvalue weighted by molar-refractivity contribution is -0.136. The van der Waals surface area contributed by atoms with Crippen molar-refractivity contribution in [3.63, 3.8) is 0 Å². The quantitative estimate of drug-likeness (QED) is 0.906. The van der Waals surface area contributed by atoms with E-state index in [-0.39, 0.29) is 24.2 Å². The Balaban J connectivity index is 1.82. The number of hydrogen-bond acceptors (Lipinski definition) is 2. The largest absolute Gasteiger partial charge is 0.396 e. The lowest BCUT2D eigenvalue weighted by Gasteiger charge is -2.33. The van der Waals surface area contributed by atoms with Crippen LogP contribution in [-0.2, 0) is 11.2 Å². The van der Waals surface area contributed by atoms with E-state index in [1.54, 1.807) is 12.1 Å². The first-order chi connectivity index (χ1) is 10.1. The van der Waals surface area contributed by atoms with Crippen molar-refractivity contribution in [1.29, 1.82) is 0 Å². The summed E-state index contributed by atoms with van der Waals surface area (Å²) in [4.78, 5) is 14.3. The van der Waals surface area contributed by atoms with E-state index < -0.39 is 0 Å². The summed E-state index contributed by atoms with van der Waals surface area (Å²) < 4.78 is 13.6. The number of aliphatic hydroxyl groups is 1. The van der Waals surface area contributed by atoms with Crippen LogP contribution < -0.4 is 0 Å². The maximum atomic E-state index is 13.6. The van der Waals surface area contributed by atoms with Gasteiger partial charge in [0.1, 0.15) is 5.82 Å². The fourth-order valence-electron chi connectivity index (χ4n) is 2.84. The minimum Gasteiger partial charge on any atom is -0.396 e. The molecule has 1 aliphatic heterocycles. The van der Waals surface area contributed by atoms with Crippen LogP contribution in [-0.4, -0.2) is 35.6 Å². The van der Waals surface area contributed by atoms with E-state index in [4.69, 9.17) is 5.11 Å². The van der Waals surface area contributed by atoms with Gasteiger partial charge in [-0.2, -0.15) is 0 Å². The van der Waals surface area contributed by atoms with Gasteiger partial charge in [0.2, 0.25) is 5.91 Å². The van der Waals surface area contributed by atoms with Crippen molar-refractivity contribution >= 4 is 5.91 Å². The molecule has 0 radical (unpaired) electrons. The summed E-state index contributed by atoms with van der Waals surface area (Å²) in [5, 5.41) is 9.12. The fraction of sp³-hybridized carbons (Fsp3) is 0.588. The van der Waals surface area contributed by atoms with E-state index in [0.717, 1.165) is 25.9 Å². The highest BCUT2D eigenvalue weighted by molar-refractivity contribution is 5.78. The first kappa shape index (κ1) is 16.0. The second kappa shape index (κ2) is 7.55. The molecule has 0 bridgehead atoms. The number of aliphatic hydroxyl groups excluding tert-OH is 1. The summed E-state index contributed by atoms with van der Waals surface area (Å²) in [7, 11) is 0. The van der Waals surface area contributed by atoms with Gasteiger partial charge >= 0.3 is 0 Å². The highest BCUT2D eigenvalue weighted by atomic mass is 19.1. The van der Waals surface area contributed by atoms with Crippen molar-refractivity contribution in [3.05, 3.63) is 35.6 Å². The minimum atomic E-state index is -0.194. The molecule has 1 heterocycles. The third-order valence-electron chi connectivity index (χ3n) is 4.41. The molecule has 1 aromatic rings. The SMILES string of the molecule is CC(CCc1ccccc1F)C(=O)N1CCC(CO)CC1. The molecule has 1 saturated heterocycles. The monoisotopic (exact) mass is 293 g/mol. The number of halogens is 1. The Kier molecular flexibility index (Phi) is 5.74. The second-order valence-electron chi connectivity index (χ2n) is 5.98. The smallest absolute Gasteiger partial charge is 0.225 e. The van der Waals surface area contributed by atoms with Crippen molar-refractivity contribution in [2.24, 2.45) is 11.8 Å². The zero-order valence-corrected chi connectivity index (χ0v) is 12.6. The molecular formula is C17H24FNO2. The molecule has 0 spiro atoms. The van der Waals surface area contributed by atoms with Crippen molar-refractivity contribution in [3.8, 4) is 0 Å². The summed E-state index contributed by atoms with van der Waals surface area (Å²) in [5.74, 6) is 0.210. The zero-order chi connectivity index (χ0) is 15.2. The summed E-state index contributed by atoms with van der Waals surface area (Å²) in [6.45, 7) is 3.59. The summed E-state index contributed by atoms with van der Waals surface area (Å²) in [6, 6.07) is 6.74. The Morgan fingerprint density at radius 1 is 1.38 bits per heavy atom. The average Bonchev–Trinajstić information content (AvgIpc) is 2.53. The molecule has 2 rings (SSSR count). The zero-order valence-electron chi connectivity index (χ0n) is 12.6. The number of aryl methyl sites for hydroxylation is 1. The standard InChI is InChI=1S/C17H24FNO2/c1-13(6-7-15-4-2-3-5-16(15)18)17(21)19-10-8-14(12-20)9-11-19/h2-5,13-14,20H,6-12H2,1H3. The van der Waals surface area contributed by atoms with E-state index in [0.29, 0.717) is 24.3 Å². The Morgan fingerprint density at radius 2 is 2.05 bits per heavy atom. The molecule has 1 unspecified atom stereocenters. The van der Waals surface area contributed by atoms with Crippen LogP contribution in [0.25, 0.3) is 0 Å². The molecule has 0 aromatic heterocycles. The molecule has 1 amide bonds. The fourth-order valence-corrected chi connectivity index (χ4v) is 2.84. The predicted molar refractivity (Wildman–Crippen MR) is 80.3 cm³/mol. The maximum absolute atomic E-state index is 13.6. The normalized spacial score (nSPS) is 17.8. The van der Waals surface area contributed by atoms with E-state index in [1.165, 1.54) is 6.07 Å². The van der Waals surface area contributed by atoms with Gasteiger partial charge < -0.3 is 10.0 Å². The van der Waals surface area contributed by atoms with Gasteiger partial charge in [-0.25, -0.2) is 4.39 Å². The number of carbonyl (C=O) groups is 1. The number of benzene rings is 1. The second-order valence-corrected chi connectivity index (χ2v) is 5.98. The topological polar surface area (TPSA) is 40.5 Å². The van der Waals surface area contributed by atoms with Gasteiger partial charge in [-0.3, -0.25) is 4.79 Å². The highest BCUT2D eigenvalue weighted by Crippen LogP contribution is 2.20. The molecule has 3 nitrogen and oxygen atoms in total. The molecule has 1 N–H and O–H groups in total. The van der Waals surface area contributed by atoms with Crippen molar-refractivity contribution in [2.75, 3.05) is 19.7 Å². The Morgan fingerprint density at radius 3 is 2.67 bits per heavy atom. The van der Waals surface area contributed by atoms with Gasteiger partial charge in [0.15, 0.2) is 0 Å². The Labute approximate surface area is 125 Å². The van der Waals surface area contributed by atoms with Gasteiger partial charge in [-0.1, -0.05) is 25.1 Å². The van der Waals surface area contributed by atoms with Gasteiger partial charge in [0, 0.05) is 25.6 Å². The number of nitrogens with zero attached hydrogens (tertiary/aromatic N) is 1. The minimum absolute atomic E-state index is 0.0877. The third kappa shape index (κ3) is 4.27. The first-order valence-corrected chi connectivity index (χ1v) is 7.75. The van der Waals surface area contributed by atoms with Crippen LogP contribution in [0.15, 0.2) is 24.3 Å². The number of piperidine rings is 1. The van der Waals surface area contributed by atoms with Gasteiger partial charge in [0.05, 0.1) is 0 Å². The lowest BCUT2D eigenvalue weighted by atomic mass is 9.95. The molecular weight excluding hydrogens is 269 g/mol. The van der Waals surface area contributed by atoms with E-state index in [2.05, 4.69) is 0 Å². The van der Waals surface area contributed by atoms with Crippen LogP contribution >= 0.6 is 0 Å². The van der Waals surface area contributed by atoms with Crippen LogP contribution in [0.4, 0.5) is 4.39 Å². The molecule has 1 aromatic carbocycles. The Hall–Kier alpha value is -1.42. The lowest BCUT2D eigenvalue weighted by Crippen LogP contribution is -2.41.